The molecule has 0 aliphatic carbocycles. The minimum Gasteiger partial charge on any atom is -0.459 e. The summed E-state index contributed by atoms with van der Waals surface area (Å²) in [5.41, 5.74) is 0.847. The molecular formula is C14H17N3O4S2. The van der Waals surface area contributed by atoms with E-state index in [1.165, 1.54) is 21.9 Å². The van der Waals surface area contributed by atoms with E-state index in [2.05, 4.69) is 10.3 Å². The van der Waals surface area contributed by atoms with Crippen molar-refractivity contribution in [1.29, 1.82) is 0 Å². The van der Waals surface area contributed by atoms with Gasteiger partial charge in [-0.3, -0.25) is 10.1 Å². The number of fused-ring (bicyclic) bond motifs is 1. The molecule has 0 aromatic carbocycles. The largest absolute Gasteiger partial charge is 0.459 e. The Hall–Kier alpha value is -1.71. The highest BCUT2D eigenvalue weighted by atomic mass is 32.2. The van der Waals surface area contributed by atoms with Crippen molar-refractivity contribution >= 4 is 32.4 Å². The summed E-state index contributed by atoms with van der Waals surface area (Å²) in [5, 5.41) is 2.69. The van der Waals surface area contributed by atoms with E-state index in [-0.39, 0.29) is 11.7 Å². The molecule has 23 heavy (non-hydrogen) atoms. The number of carbonyl (C=O) groups excluding carboxylic acids is 1. The maximum absolute atomic E-state index is 12.3. The van der Waals surface area contributed by atoms with E-state index < -0.39 is 15.3 Å². The predicted molar refractivity (Wildman–Crippen MR) is 86.9 cm³/mol. The number of sulfonamides is 1. The van der Waals surface area contributed by atoms with E-state index in [1.807, 2.05) is 0 Å². The highest BCUT2D eigenvalue weighted by Crippen LogP contribution is 2.30. The fraction of sp³-hybridized carbons (Fsp3) is 0.429. The third-order valence-electron chi connectivity index (χ3n) is 3.62. The van der Waals surface area contributed by atoms with Crippen molar-refractivity contribution in [3.05, 3.63) is 34.7 Å². The Labute approximate surface area is 138 Å². The topological polar surface area (TPSA) is 92.5 Å². The second-order valence-electron chi connectivity index (χ2n) is 5.50. The average Bonchev–Trinajstić information content (AvgIpc) is 3.15. The van der Waals surface area contributed by atoms with Gasteiger partial charge < -0.3 is 4.42 Å². The zero-order chi connectivity index (χ0) is 16.6. The van der Waals surface area contributed by atoms with Gasteiger partial charge >= 0.3 is 0 Å². The molecule has 0 saturated carbocycles. The number of nitrogens with one attached hydrogen (secondary N) is 1. The van der Waals surface area contributed by atoms with Crippen LogP contribution in [0, 0.1) is 0 Å². The van der Waals surface area contributed by atoms with Crippen LogP contribution in [-0.4, -0.2) is 35.4 Å². The second kappa shape index (κ2) is 6.06. The number of amides is 1. The number of anilines is 1. The Morgan fingerprint density at radius 2 is 2.26 bits per heavy atom. The van der Waals surface area contributed by atoms with Crippen molar-refractivity contribution in [2.75, 3.05) is 11.9 Å². The van der Waals surface area contributed by atoms with Gasteiger partial charge in [-0.1, -0.05) is 0 Å². The predicted octanol–water partition coefficient (Wildman–Crippen LogP) is 2.08. The van der Waals surface area contributed by atoms with Crippen LogP contribution in [0.5, 0.6) is 0 Å². The number of carbonyl (C=O) groups is 1. The molecule has 7 nitrogen and oxygen atoms in total. The van der Waals surface area contributed by atoms with Crippen LogP contribution in [0.25, 0.3) is 0 Å². The van der Waals surface area contributed by atoms with Gasteiger partial charge in [0.15, 0.2) is 10.9 Å². The summed E-state index contributed by atoms with van der Waals surface area (Å²) < 4.78 is 31.0. The monoisotopic (exact) mass is 355 g/mol. The first-order valence-electron chi connectivity index (χ1n) is 7.20. The van der Waals surface area contributed by atoms with Crippen LogP contribution in [0.4, 0.5) is 5.13 Å². The van der Waals surface area contributed by atoms with Crippen LogP contribution in [0.1, 0.15) is 35.0 Å². The van der Waals surface area contributed by atoms with Gasteiger partial charge in [-0.15, -0.1) is 11.3 Å². The lowest BCUT2D eigenvalue weighted by atomic mass is 10.2. The molecule has 0 bridgehead atoms. The van der Waals surface area contributed by atoms with E-state index in [0.717, 1.165) is 10.6 Å². The second-order valence-corrected chi connectivity index (χ2v) is 9.07. The maximum atomic E-state index is 12.3. The summed E-state index contributed by atoms with van der Waals surface area (Å²) in [6, 6.07) is 3.20. The van der Waals surface area contributed by atoms with Gasteiger partial charge in [0.25, 0.3) is 5.91 Å². The van der Waals surface area contributed by atoms with Crippen LogP contribution in [0.2, 0.25) is 0 Å². The number of thiazole rings is 1. The Bertz CT molecular complexity index is 809. The van der Waals surface area contributed by atoms with Crippen molar-refractivity contribution in [2.45, 2.75) is 32.1 Å². The van der Waals surface area contributed by atoms with E-state index in [4.69, 9.17) is 4.42 Å². The fourth-order valence-electron chi connectivity index (χ4n) is 2.31. The van der Waals surface area contributed by atoms with E-state index in [9.17, 15) is 13.2 Å². The van der Waals surface area contributed by atoms with E-state index in [0.29, 0.717) is 24.6 Å². The lowest BCUT2D eigenvalue weighted by molar-refractivity contribution is 0.0996. The molecule has 0 atom stereocenters. The van der Waals surface area contributed by atoms with Gasteiger partial charge in [-0.05, 0) is 26.0 Å². The molecule has 1 amide bonds. The zero-order valence-electron chi connectivity index (χ0n) is 12.8. The minimum absolute atomic E-state index is 0.210. The van der Waals surface area contributed by atoms with Crippen LogP contribution in [0.3, 0.4) is 0 Å². The van der Waals surface area contributed by atoms with Gasteiger partial charge in [0.05, 0.1) is 17.2 Å². The average molecular weight is 355 g/mol. The van der Waals surface area contributed by atoms with Crippen LogP contribution < -0.4 is 5.32 Å². The summed E-state index contributed by atoms with van der Waals surface area (Å²) in [6.45, 7) is 4.08. The molecule has 3 rings (SSSR count). The molecule has 9 heteroatoms. The van der Waals surface area contributed by atoms with Crippen LogP contribution >= 0.6 is 11.3 Å². The summed E-state index contributed by atoms with van der Waals surface area (Å²) in [7, 11) is -3.28. The maximum Gasteiger partial charge on any atom is 0.293 e. The molecule has 1 aliphatic heterocycles. The van der Waals surface area contributed by atoms with E-state index >= 15 is 0 Å². The standard InChI is InChI=1S/C14H17N3O4S2/c1-9(2)23(19,20)17-6-5-10-12(8-17)22-14(15-10)16-13(18)11-4-3-7-21-11/h3-4,7,9H,5-6,8H2,1-2H3,(H,15,16,18). The first-order valence-corrected chi connectivity index (χ1v) is 9.52. The molecular weight excluding hydrogens is 338 g/mol. The number of hydrogen-bond acceptors (Lipinski definition) is 6. The van der Waals surface area contributed by atoms with Gasteiger partial charge in [-0.2, -0.15) is 4.31 Å². The summed E-state index contributed by atoms with van der Waals surface area (Å²) in [5.74, 6) is -0.157. The Balaban J connectivity index is 1.75. The third-order valence-corrected chi connectivity index (χ3v) is 6.84. The first-order chi connectivity index (χ1) is 10.9. The molecule has 0 fully saturated rings. The van der Waals surface area contributed by atoms with Crippen LogP contribution in [-0.2, 0) is 23.0 Å². The number of aromatic nitrogens is 1. The molecule has 0 saturated heterocycles. The van der Waals surface area contributed by atoms with Gasteiger partial charge in [0.2, 0.25) is 10.0 Å². The summed E-state index contributed by atoms with van der Waals surface area (Å²) >= 11 is 1.30. The Morgan fingerprint density at radius 1 is 1.48 bits per heavy atom. The lowest BCUT2D eigenvalue weighted by Gasteiger charge is -2.26. The molecule has 1 aliphatic rings. The molecule has 0 unspecified atom stereocenters. The van der Waals surface area contributed by atoms with E-state index in [1.54, 1.807) is 26.0 Å². The molecule has 2 aromatic rings. The number of nitrogens with zero attached hydrogens (tertiary/aromatic N) is 2. The quantitative estimate of drug-likeness (QED) is 0.906. The summed E-state index contributed by atoms with van der Waals surface area (Å²) in [4.78, 5) is 17.2. The molecule has 0 radical (unpaired) electrons. The first kappa shape index (κ1) is 16.2. The summed E-state index contributed by atoms with van der Waals surface area (Å²) in [6.07, 6.45) is 1.98. The number of furan rings is 1. The van der Waals surface area contributed by atoms with Crippen LogP contribution in [0.15, 0.2) is 22.8 Å². The van der Waals surface area contributed by atoms with Crippen molar-refractivity contribution in [3.8, 4) is 0 Å². The molecule has 124 valence electrons. The van der Waals surface area contributed by atoms with Gasteiger partial charge in [-0.25, -0.2) is 13.4 Å². The van der Waals surface area contributed by atoms with Crippen molar-refractivity contribution in [1.82, 2.24) is 9.29 Å². The highest BCUT2D eigenvalue weighted by Gasteiger charge is 2.31. The molecule has 3 heterocycles. The fourth-order valence-corrected chi connectivity index (χ4v) is 4.66. The molecule has 2 aromatic heterocycles. The molecule has 1 N–H and O–H groups in total. The Morgan fingerprint density at radius 3 is 2.91 bits per heavy atom. The third kappa shape index (κ3) is 3.17. The number of hydrogen-bond donors (Lipinski definition) is 1. The van der Waals surface area contributed by atoms with Gasteiger partial charge in [0.1, 0.15) is 0 Å². The normalized spacial score (nSPS) is 15.6. The van der Waals surface area contributed by atoms with Crippen molar-refractivity contribution in [3.63, 3.8) is 0 Å². The number of rotatable bonds is 4. The smallest absolute Gasteiger partial charge is 0.293 e. The zero-order valence-corrected chi connectivity index (χ0v) is 14.4. The SMILES string of the molecule is CC(C)S(=O)(=O)N1CCc2nc(NC(=O)c3ccco3)sc2C1. The minimum atomic E-state index is -3.28. The Kier molecular flexibility index (Phi) is 4.26. The lowest BCUT2D eigenvalue weighted by Crippen LogP contribution is -2.39. The molecule has 0 spiro atoms. The van der Waals surface area contributed by atoms with Crippen molar-refractivity contribution < 1.29 is 17.6 Å². The highest BCUT2D eigenvalue weighted by molar-refractivity contribution is 7.89. The van der Waals surface area contributed by atoms with Gasteiger partial charge in [0, 0.05) is 24.4 Å². The van der Waals surface area contributed by atoms with Crippen molar-refractivity contribution in [2.24, 2.45) is 0 Å².